The first kappa shape index (κ1) is 22.2. The lowest BCUT2D eigenvalue weighted by atomic mass is 10.2. The number of amides is 1. The molecule has 0 bridgehead atoms. The fourth-order valence-corrected chi connectivity index (χ4v) is 2.49. The van der Waals surface area contributed by atoms with Crippen LogP contribution in [0.25, 0.3) is 0 Å². The van der Waals surface area contributed by atoms with E-state index in [4.69, 9.17) is 25.8 Å². The fraction of sp³-hybridized carbons (Fsp3) is 0.286. The summed E-state index contributed by atoms with van der Waals surface area (Å²) in [6.07, 6.45) is -0.218. The zero-order valence-corrected chi connectivity index (χ0v) is 17.1. The van der Waals surface area contributed by atoms with Crippen LogP contribution in [0, 0.1) is 6.92 Å². The number of nitrogens with one attached hydrogen (secondary N) is 1. The lowest BCUT2D eigenvalue weighted by molar-refractivity contribution is -0.149. The molecule has 0 saturated carbocycles. The molecule has 154 valence electrons. The molecule has 0 spiro atoms. The highest BCUT2D eigenvalue weighted by atomic mass is 35.5. The molecule has 0 radical (unpaired) electrons. The second kappa shape index (κ2) is 10.5. The summed E-state index contributed by atoms with van der Waals surface area (Å²) in [4.78, 5) is 35.4. The molecule has 2 rings (SSSR count). The summed E-state index contributed by atoms with van der Waals surface area (Å²) in [7, 11) is 0. The van der Waals surface area contributed by atoms with Gasteiger partial charge in [0.1, 0.15) is 5.75 Å². The zero-order chi connectivity index (χ0) is 21.4. The van der Waals surface area contributed by atoms with Crippen LogP contribution in [-0.2, 0) is 19.1 Å². The molecule has 0 atom stereocenters. The Bertz CT molecular complexity index is 879. The largest absolute Gasteiger partial charge is 0.482 e. The predicted octanol–water partition coefficient (Wildman–Crippen LogP) is 3.77. The first-order chi connectivity index (χ1) is 13.7. The Balaban J connectivity index is 1.76. The summed E-state index contributed by atoms with van der Waals surface area (Å²) in [5.74, 6) is -1.13. The number of carbonyl (C=O) groups is 3. The Morgan fingerprint density at radius 3 is 2.34 bits per heavy atom. The normalized spacial score (nSPS) is 10.4. The smallest absolute Gasteiger partial charge is 0.344 e. The van der Waals surface area contributed by atoms with E-state index >= 15 is 0 Å². The quantitative estimate of drug-likeness (QED) is 0.655. The third kappa shape index (κ3) is 7.46. The molecule has 0 saturated heterocycles. The van der Waals surface area contributed by atoms with Crippen LogP contribution in [0.4, 0.5) is 5.69 Å². The highest BCUT2D eigenvalue weighted by Crippen LogP contribution is 2.21. The first-order valence-electron chi connectivity index (χ1n) is 8.90. The van der Waals surface area contributed by atoms with E-state index in [-0.39, 0.29) is 12.7 Å². The van der Waals surface area contributed by atoms with Crippen LogP contribution in [0.1, 0.15) is 29.8 Å². The number of anilines is 1. The number of benzene rings is 2. The molecule has 0 aliphatic rings. The molecule has 1 amide bonds. The molecule has 0 heterocycles. The molecule has 0 aromatic heterocycles. The van der Waals surface area contributed by atoms with Crippen molar-refractivity contribution in [2.45, 2.75) is 26.9 Å². The summed E-state index contributed by atoms with van der Waals surface area (Å²) in [6.45, 7) is 4.53. The van der Waals surface area contributed by atoms with Gasteiger partial charge in [-0.2, -0.15) is 0 Å². The zero-order valence-electron chi connectivity index (χ0n) is 16.4. The van der Waals surface area contributed by atoms with Gasteiger partial charge in [-0.25, -0.2) is 9.59 Å². The molecule has 0 unspecified atom stereocenters. The standard InChI is InChI=1S/C21H22ClNO6/c1-13(2)29-21(26)15-4-7-17(8-5-15)23-19(24)11-28-20(25)12-27-18-9-6-16(22)10-14(18)3/h4-10,13H,11-12H2,1-3H3,(H,23,24). The van der Waals surface area contributed by atoms with Crippen molar-refractivity contribution in [3.63, 3.8) is 0 Å². The van der Waals surface area contributed by atoms with Crippen LogP contribution in [0.2, 0.25) is 5.02 Å². The lowest BCUT2D eigenvalue weighted by Gasteiger charge is -2.10. The molecule has 1 N–H and O–H groups in total. The molecule has 2 aromatic carbocycles. The molecule has 0 fully saturated rings. The minimum absolute atomic E-state index is 0.218. The Morgan fingerprint density at radius 1 is 1.03 bits per heavy atom. The third-order valence-corrected chi connectivity index (χ3v) is 3.83. The van der Waals surface area contributed by atoms with Crippen LogP contribution in [0.5, 0.6) is 5.75 Å². The second-order valence-corrected chi connectivity index (χ2v) is 6.88. The van der Waals surface area contributed by atoms with E-state index in [0.29, 0.717) is 22.0 Å². The number of esters is 2. The van der Waals surface area contributed by atoms with Crippen molar-refractivity contribution in [2.75, 3.05) is 18.5 Å². The van der Waals surface area contributed by atoms with Gasteiger partial charge in [-0.05, 0) is 68.8 Å². The second-order valence-electron chi connectivity index (χ2n) is 6.44. The van der Waals surface area contributed by atoms with E-state index in [1.807, 2.05) is 0 Å². The average molecular weight is 420 g/mol. The van der Waals surface area contributed by atoms with E-state index in [1.54, 1.807) is 51.1 Å². The maximum absolute atomic E-state index is 11.9. The van der Waals surface area contributed by atoms with Gasteiger partial charge in [0.25, 0.3) is 5.91 Å². The van der Waals surface area contributed by atoms with Gasteiger partial charge < -0.3 is 19.5 Å². The number of ether oxygens (including phenoxy) is 3. The first-order valence-corrected chi connectivity index (χ1v) is 9.28. The van der Waals surface area contributed by atoms with Gasteiger partial charge in [-0.15, -0.1) is 0 Å². The molecule has 0 aliphatic carbocycles. The van der Waals surface area contributed by atoms with Crippen molar-refractivity contribution >= 4 is 35.1 Å². The number of aryl methyl sites for hydroxylation is 1. The number of hydrogen-bond acceptors (Lipinski definition) is 6. The van der Waals surface area contributed by atoms with Crippen LogP contribution in [0.15, 0.2) is 42.5 Å². The molecular formula is C21H22ClNO6. The lowest BCUT2D eigenvalue weighted by Crippen LogP contribution is -2.23. The summed E-state index contributed by atoms with van der Waals surface area (Å²) in [5.41, 5.74) is 1.61. The van der Waals surface area contributed by atoms with Gasteiger partial charge in [-0.1, -0.05) is 11.6 Å². The van der Waals surface area contributed by atoms with Gasteiger partial charge in [0.2, 0.25) is 0 Å². The SMILES string of the molecule is Cc1cc(Cl)ccc1OCC(=O)OCC(=O)Nc1ccc(C(=O)OC(C)C)cc1. The van der Waals surface area contributed by atoms with Gasteiger partial charge in [0, 0.05) is 10.7 Å². The van der Waals surface area contributed by atoms with E-state index in [1.165, 1.54) is 12.1 Å². The monoisotopic (exact) mass is 419 g/mol. The number of hydrogen-bond donors (Lipinski definition) is 1. The highest BCUT2D eigenvalue weighted by molar-refractivity contribution is 6.30. The predicted molar refractivity (Wildman–Crippen MR) is 108 cm³/mol. The highest BCUT2D eigenvalue weighted by Gasteiger charge is 2.12. The molecule has 0 aliphatic heterocycles. The molecular weight excluding hydrogens is 398 g/mol. The Kier molecular flexibility index (Phi) is 8.03. The fourth-order valence-electron chi connectivity index (χ4n) is 2.27. The van der Waals surface area contributed by atoms with Crippen LogP contribution in [-0.4, -0.2) is 37.2 Å². The Labute approximate surface area is 173 Å². The minimum Gasteiger partial charge on any atom is -0.482 e. The topological polar surface area (TPSA) is 90.9 Å². The van der Waals surface area contributed by atoms with Crippen LogP contribution >= 0.6 is 11.6 Å². The summed E-state index contributed by atoms with van der Waals surface area (Å²) in [6, 6.07) is 11.2. The number of carbonyl (C=O) groups excluding carboxylic acids is 3. The maximum atomic E-state index is 11.9. The average Bonchev–Trinajstić information content (AvgIpc) is 2.65. The Hall–Kier alpha value is -3.06. The minimum atomic E-state index is -0.679. The Morgan fingerprint density at radius 2 is 1.72 bits per heavy atom. The summed E-state index contributed by atoms with van der Waals surface area (Å²) < 4.78 is 15.3. The summed E-state index contributed by atoms with van der Waals surface area (Å²) in [5, 5.41) is 3.14. The van der Waals surface area contributed by atoms with Gasteiger partial charge in [0.15, 0.2) is 13.2 Å². The van der Waals surface area contributed by atoms with E-state index in [2.05, 4.69) is 5.32 Å². The van der Waals surface area contributed by atoms with Crippen molar-refractivity contribution < 1.29 is 28.6 Å². The third-order valence-electron chi connectivity index (χ3n) is 3.59. The molecule has 8 heteroatoms. The molecule has 29 heavy (non-hydrogen) atoms. The molecule has 7 nitrogen and oxygen atoms in total. The van der Waals surface area contributed by atoms with Crippen molar-refractivity contribution in [2.24, 2.45) is 0 Å². The molecule has 2 aromatic rings. The van der Waals surface area contributed by atoms with Crippen LogP contribution in [0.3, 0.4) is 0 Å². The van der Waals surface area contributed by atoms with Crippen molar-refractivity contribution in [1.29, 1.82) is 0 Å². The van der Waals surface area contributed by atoms with Crippen molar-refractivity contribution in [3.05, 3.63) is 58.6 Å². The maximum Gasteiger partial charge on any atom is 0.344 e. The van der Waals surface area contributed by atoms with E-state index in [9.17, 15) is 14.4 Å². The van der Waals surface area contributed by atoms with Crippen molar-refractivity contribution in [3.8, 4) is 5.75 Å². The summed E-state index contributed by atoms with van der Waals surface area (Å²) >= 11 is 5.86. The van der Waals surface area contributed by atoms with E-state index < -0.39 is 24.5 Å². The van der Waals surface area contributed by atoms with Gasteiger partial charge in [0.05, 0.1) is 11.7 Å². The number of rotatable bonds is 8. The van der Waals surface area contributed by atoms with E-state index in [0.717, 1.165) is 5.56 Å². The number of halogens is 1. The van der Waals surface area contributed by atoms with Crippen molar-refractivity contribution in [1.82, 2.24) is 0 Å². The van der Waals surface area contributed by atoms with Crippen LogP contribution < -0.4 is 10.1 Å². The van der Waals surface area contributed by atoms with Gasteiger partial charge >= 0.3 is 11.9 Å². The van der Waals surface area contributed by atoms with Gasteiger partial charge in [-0.3, -0.25) is 4.79 Å².